The minimum Gasteiger partial charge on any atom is -0.493 e. The second kappa shape index (κ2) is 8.62. The van der Waals surface area contributed by atoms with Gasteiger partial charge in [-0.2, -0.15) is 0 Å². The van der Waals surface area contributed by atoms with Gasteiger partial charge in [-0.25, -0.2) is 4.39 Å². The second-order valence-electron chi connectivity index (χ2n) is 9.41. The highest BCUT2D eigenvalue weighted by Crippen LogP contribution is 2.40. The molecule has 1 aromatic heterocycles. The van der Waals surface area contributed by atoms with Gasteiger partial charge < -0.3 is 26.1 Å². The van der Waals surface area contributed by atoms with Crippen LogP contribution in [-0.4, -0.2) is 29.6 Å². The van der Waals surface area contributed by atoms with Crippen LogP contribution in [0.4, 0.5) is 4.39 Å². The molecular weight excluding hydrogens is 407 g/mol. The number of hydrogen-bond donors (Lipinski definition) is 4. The standard InChI is InChI=1S/C25H31FN4O2/c1-14-22(25(31)30-18-7-5-17(27)6-8-18)24-19(10-11-28-24)23(29-14)20-12-16(26)4-9-21(20)32-13-15-2-3-15/h4,9-12,15,17-18,23,28-29H,2-3,5-8,13,27H2,1H3,(H,30,31). The summed E-state index contributed by atoms with van der Waals surface area (Å²) in [5, 5.41) is 6.64. The maximum Gasteiger partial charge on any atom is 0.255 e. The third-order valence-electron chi connectivity index (χ3n) is 6.86. The number of allylic oxidation sites excluding steroid dienone is 1. The normalized spacial score (nSPS) is 25.2. The number of aromatic nitrogens is 1. The fourth-order valence-electron chi connectivity index (χ4n) is 4.81. The first-order chi connectivity index (χ1) is 15.5. The van der Waals surface area contributed by atoms with E-state index < -0.39 is 0 Å². The van der Waals surface area contributed by atoms with Gasteiger partial charge in [0.1, 0.15) is 11.6 Å². The number of carbonyl (C=O) groups is 1. The number of H-pyrrole nitrogens is 1. The summed E-state index contributed by atoms with van der Waals surface area (Å²) < 4.78 is 20.3. The van der Waals surface area contributed by atoms with Crippen molar-refractivity contribution in [3.05, 3.63) is 58.8 Å². The van der Waals surface area contributed by atoms with Gasteiger partial charge in [0.15, 0.2) is 0 Å². The van der Waals surface area contributed by atoms with E-state index in [9.17, 15) is 9.18 Å². The number of hydrogen-bond acceptors (Lipinski definition) is 4. The van der Waals surface area contributed by atoms with Crippen molar-refractivity contribution >= 4 is 11.5 Å². The molecule has 32 heavy (non-hydrogen) atoms. The summed E-state index contributed by atoms with van der Waals surface area (Å²) in [6, 6.07) is 6.69. The molecule has 1 atom stereocenters. The number of rotatable bonds is 6. The molecule has 2 heterocycles. The largest absolute Gasteiger partial charge is 0.493 e. The highest BCUT2D eigenvalue weighted by molar-refractivity contribution is 6.20. The lowest BCUT2D eigenvalue weighted by Gasteiger charge is -2.31. The summed E-state index contributed by atoms with van der Waals surface area (Å²) in [4.78, 5) is 16.5. The number of halogens is 1. The Hall–Kier alpha value is -2.80. The second-order valence-corrected chi connectivity index (χ2v) is 9.41. The molecule has 7 heteroatoms. The molecule has 1 aliphatic heterocycles. The predicted molar refractivity (Wildman–Crippen MR) is 121 cm³/mol. The van der Waals surface area contributed by atoms with Crippen molar-refractivity contribution in [1.29, 1.82) is 0 Å². The zero-order valence-electron chi connectivity index (χ0n) is 18.4. The number of aromatic amines is 1. The van der Waals surface area contributed by atoms with Crippen LogP contribution in [0, 0.1) is 11.7 Å². The lowest BCUT2D eigenvalue weighted by molar-refractivity contribution is -0.116. The van der Waals surface area contributed by atoms with E-state index in [0.29, 0.717) is 23.8 Å². The molecule has 2 fully saturated rings. The summed E-state index contributed by atoms with van der Waals surface area (Å²) in [6.07, 6.45) is 7.87. The van der Waals surface area contributed by atoms with Crippen molar-refractivity contribution in [2.24, 2.45) is 11.7 Å². The topological polar surface area (TPSA) is 92.2 Å². The summed E-state index contributed by atoms with van der Waals surface area (Å²) in [5.74, 6) is 0.879. The van der Waals surface area contributed by atoms with Gasteiger partial charge in [0.05, 0.1) is 23.9 Å². The predicted octanol–water partition coefficient (Wildman–Crippen LogP) is 3.75. The molecule has 0 bridgehead atoms. The number of fused-ring (bicyclic) bond motifs is 1. The van der Waals surface area contributed by atoms with Crippen LogP contribution in [0.5, 0.6) is 5.75 Å². The van der Waals surface area contributed by atoms with Gasteiger partial charge >= 0.3 is 0 Å². The van der Waals surface area contributed by atoms with E-state index in [1.165, 1.54) is 25.0 Å². The van der Waals surface area contributed by atoms with Crippen molar-refractivity contribution in [1.82, 2.24) is 15.6 Å². The fraction of sp³-hybridized carbons (Fsp3) is 0.480. The highest BCUT2D eigenvalue weighted by atomic mass is 19.1. The van der Waals surface area contributed by atoms with E-state index in [4.69, 9.17) is 10.5 Å². The van der Waals surface area contributed by atoms with Gasteiger partial charge in [-0.15, -0.1) is 0 Å². The van der Waals surface area contributed by atoms with Gasteiger partial charge in [-0.1, -0.05) is 0 Å². The van der Waals surface area contributed by atoms with Crippen LogP contribution in [0.2, 0.25) is 0 Å². The minimum atomic E-state index is -0.307. The van der Waals surface area contributed by atoms with Crippen LogP contribution in [0.25, 0.3) is 5.57 Å². The van der Waals surface area contributed by atoms with Crippen molar-refractivity contribution < 1.29 is 13.9 Å². The average Bonchev–Trinajstić information content (AvgIpc) is 3.48. The molecular formula is C25H31FN4O2. The van der Waals surface area contributed by atoms with Gasteiger partial charge in [0.25, 0.3) is 5.91 Å². The number of carbonyl (C=O) groups excluding carboxylic acids is 1. The summed E-state index contributed by atoms with van der Waals surface area (Å²) in [5.41, 5.74) is 9.79. The van der Waals surface area contributed by atoms with Crippen LogP contribution in [0.15, 0.2) is 36.2 Å². The molecule has 5 rings (SSSR count). The lowest BCUT2D eigenvalue weighted by Crippen LogP contribution is -2.42. The first-order valence-corrected chi connectivity index (χ1v) is 11.6. The fourth-order valence-corrected chi connectivity index (χ4v) is 4.81. The minimum absolute atomic E-state index is 0.0953. The molecule has 0 radical (unpaired) electrons. The Morgan fingerprint density at radius 3 is 2.69 bits per heavy atom. The maximum atomic E-state index is 14.2. The summed E-state index contributed by atoms with van der Waals surface area (Å²) in [7, 11) is 0. The molecule has 0 spiro atoms. The molecule has 5 N–H and O–H groups in total. The van der Waals surface area contributed by atoms with E-state index in [1.54, 1.807) is 6.07 Å². The molecule has 3 aliphatic rings. The van der Waals surface area contributed by atoms with Crippen molar-refractivity contribution in [3.63, 3.8) is 0 Å². The van der Waals surface area contributed by atoms with Crippen LogP contribution < -0.4 is 21.1 Å². The van der Waals surface area contributed by atoms with Crippen LogP contribution >= 0.6 is 0 Å². The molecule has 0 saturated heterocycles. The Morgan fingerprint density at radius 2 is 1.94 bits per heavy atom. The molecule has 2 aromatic rings. The Balaban J connectivity index is 1.41. The SMILES string of the molecule is CC1=C(C(=O)NC2CCC(N)CC2)c2[nH]ccc2C(c2cc(F)ccc2OCC2CC2)N1. The molecule has 2 saturated carbocycles. The van der Waals surface area contributed by atoms with Crippen molar-refractivity contribution in [2.45, 2.75) is 63.6 Å². The number of ether oxygens (including phenoxy) is 1. The average molecular weight is 439 g/mol. The van der Waals surface area contributed by atoms with E-state index >= 15 is 0 Å². The van der Waals surface area contributed by atoms with Crippen LogP contribution in [0.3, 0.4) is 0 Å². The molecule has 170 valence electrons. The van der Waals surface area contributed by atoms with E-state index in [1.807, 2.05) is 19.2 Å². The third kappa shape index (κ3) is 4.26. The number of benzene rings is 1. The monoisotopic (exact) mass is 438 g/mol. The van der Waals surface area contributed by atoms with Crippen LogP contribution in [0.1, 0.15) is 68.3 Å². The van der Waals surface area contributed by atoms with Gasteiger partial charge in [-0.3, -0.25) is 4.79 Å². The third-order valence-corrected chi connectivity index (χ3v) is 6.86. The first kappa shape index (κ1) is 21.1. The Morgan fingerprint density at radius 1 is 1.16 bits per heavy atom. The van der Waals surface area contributed by atoms with Gasteiger partial charge in [0.2, 0.25) is 0 Å². The van der Waals surface area contributed by atoms with Crippen LogP contribution in [-0.2, 0) is 4.79 Å². The Bertz CT molecular complexity index is 1030. The number of nitrogens with two attached hydrogens (primary N) is 1. The molecule has 1 unspecified atom stereocenters. The van der Waals surface area contributed by atoms with Crippen molar-refractivity contribution in [2.75, 3.05) is 6.61 Å². The molecule has 2 aliphatic carbocycles. The first-order valence-electron chi connectivity index (χ1n) is 11.6. The zero-order valence-corrected chi connectivity index (χ0v) is 18.4. The number of amides is 1. The summed E-state index contributed by atoms with van der Waals surface area (Å²) >= 11 is 0. The molecule has 1 amide bonds. The van der Waals surface area contributed by atoms with Gasteiger partial charge in [-0.05, 0) is 75.6 Å². The van der Waals surface area contributed by atoms with E-state index in [0.717, 1.165) is 48.2 Å². The molecule has 6 nitrogen and oxygen atoms in total. The number of nitrogens with one attached hydrogen (secondary N) is 3. The Kier molecular flexibility index (Phi) is 5.67. The highest BCUT2D eigenvalue weighted by Gasteiger charge is 2.33. The molecule has 1 aromatic carbocycles. The maximum absolute atomic E-state index is 14.2. The zero-order chi connectivity index (χ0) is 22.2. The van der Waals surface area contributed by atoms with Crippen molar-refractivity contribution in [3.8, 4) is 5.75 Å². The Labute approximate surface area is 187 Å². The lowest BCUT2D eigenvalue weighted by atomic mass is 9.89. The summed E-state index contributed by atoms with van der Waals surface area (Å²) in [6.45, 7) is 2.55. The van der Waals surface area contributed by atoms with E-state index in [2.05, 4.69) is 15.6 Å². The quantitative estimate of drug-likeness (QED) is 0.553. The van der Waals surface area contributed by atoms with E-state index in [-0.39, 0.29) is 29.8 Å². The smallest absolute Gasteiger partial charge is 0.255 e. The van der Waals surface area contributed by atoms with Gasteiger partial charge in [0, 0.05) is 35.1 Å².